The number of hydrogen-bond donors (Lipinski definition) is 1. The Kier molecular flexibility index (Phi) is 6.82. The molecule has 126 valence electrons. The van der Waals surface area contributed by atoms with E-state index in [9.17, 15) is 9.59 Å². The van der Waals surface area contributed by atoms with E-state index in [1.807, 2.05) is 30.3 Å². The zero-order valence-electron chi connectivity index (χ0n) is 13.7. The van der Waals surface area contributed by atoms with Crippen molar-refractivity contribution in [2.45, 2.75) is 13.3 Å². The number of amides is 2. The largest absolute Gasteiger partial charge is 0.350 e. The molecule has 2 rings (SSSR count). The van der Waals surface area contributed by atoms with Crippen molar-refractivity contribution in [3.8, 4) is 0 Å². The molecular formula is C19H21ClN2O2. The predicted octanol–water partition coefficient (Wildman–Crippen LogP) is 3.16. The quantitative estimate of drug-likeness (QED) is 0.838. The molecule has 1 N–H and O–H groups in total. The van der Waals surface area contributed by atoms with Crippen LogP contribution < -0.4 is 5.32 Å². The summed E-state index contributed by atoms with van der Waals surface area (Å²) in [7, 11) is 0. The van der Waals surface area contributed by atoms with Crippen LogP contribution in [0.4, 0.5) is 0 Å². The molecule has 24 heavy (non-hydrogen) atoms. The topological polar surface area (TPSA) is 49.4 Å². The Morgan fingerprint density at radius 3 is 2.29 bits per heavy atom. The van der Waals surface area contributed by atoms with Crippen molar-refractivity contribution in [2.24, 2.45) is 0 Å². The molecular weight excluding hydrogens is 324 g/mol. The molecule has 0 radical (unpaired) electrons. The molecule has 2 aromatic rings. The molecule has 0 aromatic heterocycles. The summed E-state index contributed by atoms with van der Waals surface area (Å²) in [6.45, 7) is 3.08. The van der Waals surface area contributed by atoms with E-state index in [0.717, 1.165) is 6.42 Å². The Bertz CT molecular complexity index is 672. The van der Waals surface area contributed by atoms with Crippen LogP contribution in [0.1, 0.15) is 22.8 Å². The maximum absolute atomic E-state index is 12.0. The van der Waals surface area contributed by atoms with E-state index < -0.39 is 0 Å². The van der Waals surface area contributed by atoms with E-state index in [-0.39, 0.29) is 11.8 Å². The Hall–Kier alpha value is -2.33. The minimum atomic E-state index is -0.168. The second-order valence-electron chi connectivity index (χ2n) is 5.50. The minimum absolute atomic E-state index is 0.00618. The van der Waals surface area contributed by atoms with E-state index >= 15 is 0 Å². The molecule has 0 spiro atoms. The average molecular weight is 345 g/mol. The maximum Gasteiger partial charge on any atom is 0.251 e. The first-order chi connectivity index (χ1) is 11.6. The van der Waals surface area contributed by atoms with Gasteiger partial charge in [-0.2, -0.15) is 0 Å². The molecule has 0 saturated carbocycles. The third-order valence-electron chi connectivity index (χ3n) is 3.73. The Morgan fingerprint density at radius 1 is 1.00 bits per heavy atom. The van der Waals surface area contributed by atoms with Gasteiger partial charge in [0.05, 0.1) is 0 Å². The first kappa shape index (κ1) is 18.0. The molecule has 0 fully saturated rings. The van der Waals surface area contributed by atoms with Crippen LogP contribution in [0.3, 0.4) is 0 Å². The van der Waals surface area contributed by atoms with E-state index in [0.29, 0.717) is 30.2 Å². The van der Waals surface area contributed by atoms with Gasteiger partial charge in [0.2, 0.25) is 5.91 Å². The lowest BCUT2D eigenvalue weighted by Gasteiger charge is -2.21. The molecule has 0 unspecified atom stereocenters. The van der Waals surface area contributed by atoms with Gasteiger partial charge in [0.1, 0.15) is 0 Å². The third kappa shape index (κ3) is 5.70. The average Bonchev–Trinajstić information content (AvgIpc) is 2.59. The zero-order valence-corrected chi connectivity index (χ0v) is 14.4. The monoisotopic (exact) mass is 344 g/mol. The SMILES string of the molecule is CC(=O)N(CCNC(=O)c1ccc(Cl)cc1)CCc1ccccc1. The minimum Gasteiger partial charge on any atom is -0.350 e. The molecule has 0 bridgehead atoms. The van der Waals surface area contributed by atoms with Crippen molar-refractivity contribution < 1.29 is 9.59 Å². The van der Waals surface area contributed by atoms with Crippen molar-refractivity contribution in [1.29, 1.82) is 0 Å². The van der Waals surface area contributed by atoms with Crippen LogP contribution in [0, 0.1) is 0 Å². The highest BCUT2D eigenvalue weighted by Gasteiger charge is 2.10. The van der Waals surface area contributed by atoms with E-state index in [1.54, 1.807) is 36.1 Å². The second kappa shape index (κ2) is 9.08. The number of benzene rings is 2. The number of hydrogen-bond acceptors (Lipinski definition) is 2. The van der Waals surface area contributed by atoms with Crippen molar-refractivity contribution in [3.05, 3.63) is 70.7 Å². The summed E-state index contributed by atoms with van der Waals surface area (Å²) in [6, 6.07) is 16.7. The van der Waals surface area contributed by atoms with Gasteiger partial charge in [-0.15, -0.1) is 0 Å². The van der Waals surface area contributed by atoms with Gasteiger partial charge in [-0.25, -0.2) is 0 Å². The van der Waals surface area contributed by atoms with Gasteiger partial charge < -0.3 is 10.2 Å². The van der Waals surface area contributed by atoms with Crippen molar-refractivity contribution >= 4 is 23.4 Å². The van der Waals surface area contributed by atoms with Crippen LogP contribution in [-0.2, 0) is 11.2 Å². The van der Waals surface area contributed by atoms with Crippen LogP contribution >= 0.6 is 11.6 Å². The van der Waals surface area contributed by atoms with Crippen LogP contribution in [0.25, 0.3) is 0 Å². The number of carbonyl (C=O) groups excluding carboxylic acids is 2. The lowest BCUT2D eigenvalue weighted by atomic mass is 10.1. The molecule has 2 amide bonds. The summed E-state index contributed by atoms with van der Waals surface area (Å²) in [6.07, 6.45) is 0.797. The number of halogens is 1. The van der Waals surface area contributed by atoms with E-state index in [2.05, 4.69) is 5.32 Å². The van der Waals surface area contributed by atoms with Gasteiger partial charge in [0.25, 0.3) is 5.91 Å². The molecule has 0 aliphatic carbocycles. The summed E-state index contributed by atoms with van der Waals surface area (Å²) < 4.78 is 0. The van der Waals surface area contributed by atoms with Crippen LogP contribution in [0.5, 0.6) is 0 Å². The smallest absolute Gasteiger partial charge is 0.251 e. The van der Waals surface area contributed by atoms with Gasteiger partial charge in [-0.3, -0.25) is 9.59 Å². The Morgan fingerprint density at radius 2 is 1.67 bits per heavy atom. The summed E-state index contributed by atoms with van der Waals surface area (Å²) in [5.74, 6) is -0.162. The number of carbonyl (C=O) groups is 2. The molecule has 5 heteroatoms. The summed E-state index contributed by atoms with van der Waals surface area (Å²) in [5, 5.41) is 3.42. The summed E-state index contributed by atoms with van der Waals surface area (Å²) >= 11 is 5.81. The van der Waals surface area contributed by atoms with Crippen molar-refractivity contribution in [3.63, 3.8) is 0 Å². The highest BCUT2D eigenvalue weighted by molar-refractivity contribution is 6.30. The third-order valence-corrected chi connectivity index (χ3v) is 3.98. The maximum atomic E-state index is 12.0. The second-order valence-corrected chi connectivity index (χ2v) is 5.94. The fourth-order valence-corrected chi connectivity index (χ4v) is 2.47. The summed E-state index contributed by atoms with van der Waals surface area (Å²) in [5.41, 5.74) is 1.74. The Balaban J connectivity index is 1.80. The van der Waals surface area contributed by atoms with Crippen molar-refractivity contribution in [2.75, 3.05) is 19.6 Å². The number of nitrogens with one attached hydrogen (secondary N) is 1. The van der Waals surface area contributed by atoms with E-state index in [1.165, 1.54) is 5.56 Å². The zero-order chi connectivity index (χ0) is 17.4. The molecule has 0 aliphatic heterocycles. The van der Waals surface area contributed by atoms with Gasteiger partial charge in [-0.1, -0.05) is 41.9 Å². The lowest BCUT2D eigenvalue weighted by molar-refractivity contribution is -0.128. The van der Waals surface area contributed by atoms with Gasteiger partial charge in [0, 0.05) is 37.1 Å². The lowest BCUT2D eigenvalue weighted by Crippen LogP contribution is -2.38. The first-order valence-electron chi connectivity index (χ1n) is 7.89. The molecule has 0 heterocycles. The van der Waals surface area contributed by atoms with E-state index in [4.69, 9.17) is 11.6 Å². The molecule has 0 saturated heterocycles. The normalized spacial score (nSPS) is 10.2. The summed E-state index contributed by atoms with van der Waals surface area (Å²) in [4.78, 5) is 25.5. The standard InChI is InChI=1S/C19H21ClN2O2/c1-15(23)22(13-11-16-5-3-2-4-6-16)14-12-21-19(24)17-7-9-18(20)10-8-17/h2-10H,11-14H2,1H3,(H,21,24). The van der Waals surface area contributed by atoms with Crippen LogP contribution in [0.2, 0.25) is 5.02 Å². The fourth-order valence-electron chi connectivity index (χ4n) is 2.34. The van der Waals surface area contributed by atoms with Gasteiger partial charge in [-0.05, 0) is 36.2 Å². The number of nitrogens with zero attached hydrogens (tertiary/aromatic N) is 1. The predicted molar refractivity (Wildman–Crippen MR) is 96.2 cm³/mol. The highest BCUT2D eigenvalue weighted by atomic mass is 35.5. The fraction of sp³-hybridized carbons (Fsp3) is 0.263. The number of rotatable bonds is 7. The molecule has 2 aromatic carbocycles. The molecule has 4 nitrogen and oxygen atoms in total. The van der Waals surface area contributed by atoms with Crippen molar-refractivity contribution in [1.82, 2.24) is 10.2 Å². The van der Waals surface area contributed by atoms with Crippen LogP contribution in [-0.4, -0.2) is 36.3 Å². The molecule has 0 aliphatic rings. The Labute approximate surface area is 147 Å². The van der Waals surface area contributed by atoms with Crippen LogP contribution in [0.15, 0.2) is 54.6 Å². The van der Waals surface area contributed by atoms with Gasteiger partial charge in [0.15, 0.2) is 0 Å². The van der Waals surface area contributed by atoms with Gasteiger partial charge >= 0.3 is 0 Å². The highest BCUT2D eigenvalue weighted by Crippen LogP contribution is 2.09. The molecule has 0 atom stereocenters. The first-order valence-corrected chi connectivity index (χ1v) is 8.27.